The van der Waals surface area contributed by atoms with Gasteiger partial charge in [-0.1, -0.05) is 54.6 Å². The smallest absolute Gasteiger partial charge is 0.219 e. The number of carbonyl (C=O) groups excluding carboxylic acids is 1. The first-order valence-corrected chi connectivity index (χ1v) is 11.6. The minimum atomic E-state index is 0.150. The van der Waals surface area contributed by atoms with Crippen LogP contribution in [0.4, 0.5) is 5.82 Å². The van der Waals surface area contributed by atoms with Gasteiger partial charge in [0.1, 0.15) is 12.1 Å². The van der Waals surface area contributed by atoms with Crippen LogP contribution in [0.3, 0.4) is 0 Å². The molecule has 0 aliphatic heterocycles. The molecule has 0 saturated heterocycles. The van der Waals surface area contributed by atoms with Gasteiger partial charge in [0.2, 0.25) is 5.91 Å². The van der Waals surface area contributed by atoms with Crippen molar-refractivity contribution in [3.05, 3.63) is 90.3 Å². The average molecular weight is 437 g/mol. The average Bonchev–Trinajstić information content (AvgIpc) is 3.68. The van der Waals surface area contributed by atoms with Crippen LogP contribution in [0.2, 0.25) is 0 Å². The molecule has 1 aliphatic rings. The molecule has 1 N–H and O–H groups in total. The molecular formula is C28H28N4O. The molecule has 1 aromatic heterocycles. The summed E-state index contributed by atoms with van der Waals surface area (Å²) in [6.07, 6.45) is 4.78. The lowest BCUT2D eigenvalue weighted by molar-refractivity contribution is -0.130. The van der Waals surface area contributed by atoms with Crippen LogP contribution in [-0.4, -0.2) is 33.4 Å². The van der Waals surface area contributed by atoms with Crippen molar-refractivity contribution in [2.45, 2.75) is 38.8 Å². The quantitative estimate of drug-likeness (QED) is 0.398. The van der Waals surface area contributed by atoms with E-state index in [9.17, 15) is 4.79 Å². The summed E-state index contributed by atoms with van der Waals surface area (Å²) in [7, 11) is 0. The highest BCUT2D eigenvalue weighted by Gasteiger charge is 2.30. The number of rotatable bonds is 8. The Hall–Kier alpha value is -3.73. The van der Waals surface area contributed by atoms with Gasteiger partial charge in [0.05, 0.1) is 5.52 Å². The summed E-state index contributed by atoms with van der Waals surface area (Å²) in [5.41, 5.74) is 5.62. The molecule has 5 heteroatoms. The molecule has 5 rings (SSSR count). The number of nitrogens with zero attached hydrogens (tertiary/aromatic N) is 3. The lowest BCUT2D eigenvalue weighted by atomic mass is 10.0. The number of benzene rings is 3. The van der Waals surface area contributed by atoms with Crippen molar-refractivity contribution in [1.29, 1.82) is 0 Å². The van der Waals surface area contributed by atoms with E-state index in [1.165, 1.54) is 5.56 Å². The Labute approximate surface area is 194 Å². The van der Waals surface area contributed by atoms with E-state index in [1.807, 2.05) is 17.0 Å². The minimum absolute atomic E-state index is 0.150. The second-order valence-electron chi connectivity index (χ2n) is 8.70. The molecule has 5 nitrogen and oxygen atoms in total. The van der Waals surface area contributed by atoms with E-state index in [4.69, 9.17) is 0 Å². The van der Waals surface area contributed by atoms with Gasteiger partial charge in [-0.05, 0) is 59.7 Å². The molecule has 0 unspecified atom stereocenters. The third-order valence-electron chi connectivity index (χ3n) is 6.19. The van der Waals surface area contributed by atoms with Crippen LogP contribution in [0.15, 0.2) is 79.1 Å². The SMILES string of the molecule is CC(=O)N(Cc1cccc(-c2ccc3ncnc(NCCc4ccccc4)c3c2)c1)C1CC1. The van der Waals surface area contributed by atoms with Crippen molar-refractivity contribution >= 4 is 22.6 Å². The van der Waals surface area contributed by atoms with Crippen LogP contribution < -0.4 is 5.32 Å². The molecule has 1 fully saturated rings. The Balaban J connectivity index is 1.37. The maximum atomic E-state index is 12.1. The zero-order valence-electron chi connectivity index (χ0n) is 18.9. The number of fused-ring (bicyclic) bond motifs is 1. The highest BCUT2D eigenvalue weighted by molar-refractivity contribution is 5.92. The van der Waals surface area contributed by atoms with E-state index in [-0.39, 0.29) is 5.91 Å². The van der Waals surface area contributed by atoms with Crippen LogP contribution in [0, 0.1) is 0 Å². The normalized spacial score (nSPS) is 13.1. The van der Waals surface area contributed by atoms with Gasteiger partial charge < -0.3 is 10.2 Å². The van der Waals surface area contributed by atoms with Gasteiger partial charge in [0.15, 0.2) is 0 Å². The summed E-state index contributed by atoms with van der Waals surface area (Å²) in [5.74, 6) is 1.00. The predicted octanol–water partition coefficient (Wildman–Crippen LogP) is 5.46. The number of hydrogen-bond acceptors (Lipinski definition) is 4. The third kappa shape index (κ3) is 5.03. The Morgan fingerprint density at radius 1 is 0.939 bits per heavy atom. The molecule has 1 amide bonds. The monoisotopic (exact) mass is 436 g/mol. The second-order valence-corrected chi connectivity index (χ2v) is 8.70. The van der Waals surface area contributed by atoms with Crippen molar-refractivity contribution in [2.75, 3.05) is 11.9 Å². The molecule has 0 bridgehead atoms. The molecule has 1 saturated carbocycles. The lowest BCUT2D eigenvalue weighted by Gasteiger charge is -2.21. The van der Waals surface area contributed by atoms with Crippen LogP contribution in [-0.2, 0) is 17.8 Å². The lowest BCUT2D eigenvalue weighted by Crippen LogP contribution is -2.30. The summed E-state index contributed by atoms with van der Waals surface area (Å²) in [6, 6.07) is 25.6. The Morgan fingerprint density at radius 2 is 1.73 bits per heavy atom. The molecule has 3 aromatic carbocycles. The molecule has 4 aromatic rings. The summed E-state index contributed by atoms with van der Waals surface area (Å²) >= 11 is 0. The first-order valence-electron chi connectivity index (χ1n) is 11.6. The van der Waals surface area contributed by atoms with E-state index in [0.717, 1.165) is 59.2 Å². The molecule has 0 radical (unpaired) electrons. The van der Waals surface area contributed by atoms with E-state index in [0.29, 0.717) is 12.6 Å². The number of nitrogens with one attached hydrogen (secondary N) is 1. The highest BCUT2D eigenvalue weighted by Crippen LogP contribution is 2.30. The first kappa shape index (κ1) is 21.1. The maximum absolute atomic E-state index is 12.1. The van der Waals surface area contributed by atoms with Crippen molar-refractivity contribution in [3.63, 3.8) is 0 Å². The van der Waals surface area contributed by atoms with Crippen LogP contribution in [0.25, 0.3) is 22.0 Å². The summed E-state index contributed by atoms with van der Waals surface area (Å²) in [4.78, 5) is 23.0. The fourth-order valence-corrected chi connectivity index (χ4v) is 4.28. The second kappa shape index (κ2) is 9.41. The topological polar surface area (TPSA) is 58.1 Å². The highest BCUT2D eigenvalue weighted by atomic mass is 16.2. The Bertz CT molecular complexity index is 1270. The van der Waals surface area contributed by atoms with Crippen molar-refractivity contribution in [3.8, 4) is 11.1 Å². The van der Waals surface area contributed by atoms with Gasteiger partial charge >= 0.3 is 0 Å². The molecule has 166 valence electrons. The third-order valence-corrected chi connectivity index (χ3v) is 6.19. The van der Waals surface area contributed by atoms with Crippen molar-refractivity contribution in [2.24, 2.45) is 0 Å². The molecule has 0 atom stereocenters. The van der Waals surface area contributed by atoms with Crippen LogP contribution in [0.5, 0.6) is 0 Å². The van der Waals surface area contributed by atoms with Gasteiger partial charge in [-0.2, -0.15) is 0 Å². The van der Waals surface area contributed by atoms with Crippen LogP contribution in [0.1, 0.15) is 30.9 Å². The molecule has 33 heavy (non-hydrogen) atoms. The number of aromatic nitrogens is 2. The van der Waals surface area contributed by atoms with E-state index in [1.54, 1.807) is 13.3 Å². The fourth-order valence-electron chi connectivity index (χ4n) is 4.28. The van der Waals surface area contributed by atoms with Gasteiger partial charge in [0.25, 0.3) is 0 Å². The standard InChI is InChI=1S/C28H28N4O/c1-20(33)32(25-11-12-25)18-22-8-5-9-23(16-22)24-10-13-27-26(17-24)28(31-19-30-27)29-15-14-21-6-3-2-4-7-21/h2-10,13,16-17,19,25H,11-12,14-15,18H2,1H3,(H,29,30,31). The zero-order chi connectivity index (χ0) is 22.6. The Kier molecular flexibility index (Phi) is 6.03. The number of hydrogen-bond donors (Lipinski definition) is 1. The summed E-state index contributed by atoms with van der Waals surface area (Å²) in [6.45, 7) is 3.13. The number of amides is 1. The maximum Gasteiger partial charge on any atom is 0.219 e. The molecule has 0 spiro atoms. The summed E-state index contributed by atoms with van der Waals surface area (Å²) < 4.78 is 0. The summed E-state index contributed by atoms with van der Waals surface area (Å²) in [5, 5.41) is 4.50. The van der Waals surface area contributed by atoms with Gasteiger partial charge in [-0.3, -0.25) is 4.79 Å². The van der Waals surface area contributed by atoms with Gasteiger partial charge in [-0.15, -0.1) is 0 Å². The Morgan fingerprint density at radius 3 is 2.52 bits per heavy atom. The number of anilines is 1. The van der Waals surface area contributed by atoms with E-state index >= 15 is 0 Å². The largest absolute Gasteiger partial charge is 0.369 e. The van der Waals surface area contributed by atoms with E-state index < -0.39 is 0 Å². The van der Waals surface area contributed by atoms with Crippen molar-refractivity contribution < 1.29 is 4.79 Å². The molecule has 1 heterocycles. The predicted molar refractivity (Wildman–Crippen MR) is 133 cm³/mol. The molecule has 1 aliphatic carbocycles. The van der Waals surface area contributed by atoms with Crippen molar-refractivity contribution in [1.82, 2.24) is 14.9 Å². The minimum Gasteiger partial charge on any atom is -0.369 e. The van der Waals surface area contributed by atoms with Crippen LogP contribution >= 0.6 is 0 Å². The first-order chi connectivity index (χ1) is 16.2. The van der Waals surface area contributed by atoms with Gasteiger partial charge in [0, 0.05) is 31.4 Å². The van der Waals surface area contributed by atoms with E-state index in [2.05, 4.69) is 75.9 Å². The zero-order valence-corrected chi connectivity index (χ0v) is 18.9. The van der Waals surface area contributed by atoms with Gasteiger partial charge in [-0.25, -0.2) is 9.97 Å². The fraction of sp³-hybridized carbons (Fsp3) is 0.250. The number of carbonyl (C=O) groups is 1. The molecular weight excluding hydrogens is 408 g/mol.